The van der Waals surface area contributed by atoms with Gasteiger partial charge < -0.3 is 14.4 Å². The van der Waals surface area contributed by atoms with Gasteiger partial charge in [0.1, 0.15) is 5.76 Å². The van der Waals surface area contributed by atoms with Crippen LogP contribution in [0.5, 0.6) is 0 Å². The Morgan fingerprint density at radius 2 is 1.96 bits per heavy atom. The minimum absolute atomic E-state index is 0.0390. The molecule has 0 radical (unpaired) electrons. The van der Waals surface area contributed by atoms with Gasteiger partial charge in [0.25, 0.3) is 5.91 Å². The Labute approximate surface area is 147 Å². The average Bonchev–Trinajstić information content (AvgIpc) is 3.11. The Morgan fingerprint density at radius 1 is 1.25 bits per heavy atom. The van der Waals surface area contributed by atoms with Crippen LogP contribution in [0, 0.1) is 5.41 Å². The average molecular weight is 348 g/mol. The highest BCUT2D eigenvalue weighted by molar-refractivity contribution is 6.33. The van der Waals surface area contributed by atoms with E-state index >= 15 is 0 Å². The van der Waals surface area contributed by atoms with Crippen LogP contribution in [0.4, 0.5) is 0 Å². The SMILES string of the molecule is CCC1(CO)CCN(C(=O)c2ccc(-c3ccccc3Cl)o2)CC1. The number of furan rings is 1. The van der Waals surface area contributed by atoms with Gasteiger partial charge in [0.15, 0.2) is 5.76 Å². The van der Waals surface area contributed by atoms with E-state index < -0.39 is 0 Å². The third kappa shape index (κ3) is 3.21. The fourth-order valence-electron chi connectivity index (χ4n) is 3.22. The molecule has 0 atom stereocenters. The van der Waals surface area contributed by atoms with Gasteiger partial charge in [0.05, 0.1) is 5.02 Å². The molecule has 0 unspecified atom stereocenters. The van der Waals surface area contributed by atoms with Gasteiger partial charge in [-0.15, -0.1) is 0 Å². The largest absolute Gasteiger partial charge is 0.451 e. The van der Waals surface area contributed by atoms with Crippen molar-refractivity contribution in [2.24, 2.45) is 5.41 Å². The van der Waals surface area contributed by atoms with Gasteiger partial charge in [-0.3, -0.25) is 4.79 Å². The summed E-state index contributed by atoms with van der Waals surface area (Å²) in [5.41, 5.74) is 0.741. The molecular formula is C19H22ClNO3. The zero-order chi connectivity index (χ0) is 17.2. The quantitative estimate of drug-likeness (QED) is 0.900. The first kappa shape index (κ1) is 17.1. The summed E-state index contributed by atoms with van der Waals surface area (Å²) in [6, 6.07) is 10.9. The summed E-state index contributed by atoms with van der Waals surface area (Å²) in [5, 5.41) is 10.2. The Bertz CT molecular complexity index is 711. The summed E-state index contributed by atoms with van der Waals surface area (Å²) in [6.07, 6.45) is 2.58. The Kier molecular flexibility index (Phi) is 4.97. The van der Waals surface area contributed by atoms with E-state index in [0.717, 1.165) is 24.8 Å². The van der Waals surface area contributed by atoms with Gasteiger partial charge in [-0.2, -0.15) is 0 Å². The molecule has 1 aromatic heterocycles. The van der Waals surface area contributed by atoms with Crippen LogP contribution in [0.1, 0.15) is 36.7 Å². The van der Waals surface area contributed by atoms with Crippen molar-refractivity contribution in [3.8, 4) is 11.3 Å². The molecule has 1 amide bonds. The van der Waals surface area contributed by atoms with Crippen molar-refractivity contribution in [2.75, 3.05) is 19.7 Å². The molecule has 1 fully saturated rings. The van der Waals surface area contributed by atoms with E-state index in [1.54, 1.807) is 23.1 Å². The second kappa shape index (κ2) is 6.99. The Hall–Kier alpha value is -1.78. The molecule has 1 N–H and O–H groups in total. The van der Waals surface area contributed by atoms with Crippen molar-refractivity contribution in [3.63, 3.8) is 0 Å². The number of piperidine rings is 1. The smallest absolute Gasteiger partial charge is 0.289 e. The lowest BCUT2D eigenvalue weighted by molar-refractivity contribution is 0.0321. The van der Waals surface area contributed by atoms with Crippen LogP contribution < -0.4 is 0 Å². The van der Waals surface area contributed by atoms with Crippen LogP contribution in [-0.2, 0) is 0 Å². The molecule has 0 saturated carbocycles. The van der Waals surface area contributed by atoms with Crippen molar-refractivity contribution in [1.82, 2.24) is 4.90 Å². The molecule has 4 nitrogen and oxygen atoms in total. The van der Waals surface area contributed by atoms with Gasteiger partial charge in [-0.25, -0.2) is 0 Å². The van der Waals surface area contributed by atoms with E-state index in [0.29, 0.717) is 29.6 Å². The predicted octanol–water partition coefficient (Wildman–Crippen LogP) is 4.22. The Balaban J connectivity index is 1.72. The first-order valence-electron chi connectivity index (χ1n) is 8.33. The summed E-state index contributed by atoms with van der Waals surface area (Å²) < 4.78 is 5.75. The predicted molar refractivity (Wildman–Crippen MR) is 94.1 cm³/mol. The second-order valence-corrected chi connectivity index (χ2v) is 6.85. The lowest BCUT2D eigenvalue weighted by Gasteiger charge is -2.39. The first-order chi connectivity index (χ1) is 11.6. The summed E-state index contributed by atoms with van der Waals surface area (Å²) >= 11 is 6.18. The second-order valence-electron chi connectivity index (χ2n) is 6.45. The fourth-order valence-corrected chi connectivity index (χ4v) is 3.45. The van der Waals surface area contributed by atoms with Crippen molar-refractivity contribution in [2.45, 2.75) is 26.2 Å². The molecule has 1 aliphatic rings. The molecular weight excluding hydrogens is 326 g/mol. The topological polar surface area (TPSA) is 53.7 Å². The van der Waals surface area contributed by atoms with Gasteiger partial charge in [0.2, 0.25) is 0 Å². The number of carbonyl (C=O) groups is 1. The van der Waals surface area contributed by atoms with Crippen LogP contribution in [-0.4, -0.2) is 35.6 Å². The molecule has 0 spiro atoms. The third-order valence-electron chi connectivity index (χ3n) is 5.15. The first-order valence-corrected chi connectivity index (χ1v) is 8.71. The summed E-state index contributed by atoms with van der Waals surface area (Å²) in [4.78, 5) is 14.5. The fraction of sp³-hybridized carbons (Fsp3) is 0.421. The van der Waals surface area contributed by atoms with Crippen LogP contribution in [0.2, 0.25) is 5.02 Å². The highest BCUT2D eigenvalue weighted by Gasteiger charge is 2.34. The summed E-state index contributed by atoms with van der Waals surface area (Å²) in [6.45, 7) is 3.57. The summed E-state index contributed by atoms with van der Waals surface area (Å²) in [7, 11) is 0. The number of halogens is 1. The maximum absolute atomic E-state index is 12.7. The lowest BCUT2D eigenvalue weighted by atomic mass is 9.77. The van der Waals surface area contributed by atoms with E-state index in [1.807, 2.05) is 18.2 Å². The normalized spacial score (nSPS) is 17.0. The third-order valence-corrected chi connectivity index (χ3v) is 5.48. The van der Waals surface area contributed by atoms with E-state index in [-0.39, 0.29) is 17.9 Å². The molecule has 1 saturated heterocycles. The molecule has 2 aromatic rings. The zero-order valence-electron chi connectivity index (χ0n) is 13.8. The number of amides is 1. The van der Waals surface area contributed by atoms with E-state index in [9.17, 15) is 9.90 Å². The number of hydrogen-bond acceptors (Lipinski definition) is 3. The van der Waals surface area contributed by atoms with Crippen molar-refractivity contribution < 1.29 is 14.3 Å². The minimum atomic E-state index is -0.101. The lowest BCUT2D eigenvalue weighted by Crippen LogP contribution is -2.44. The van der Waals surface area contributed by atoms with Gasteiger partial charge in [0, 0.05) is 25.3 Å². The number of nitrogens with zero attached hydrogens (tertiary/aromatic N) is 1. The van der Waals surface area contributed by atoms with Crippen molar-refractivity contribution in [3.05, 3.63) is 47.2 Å². The van der Waals surface area contributed by atoms with Gasteiger partial charge in [-0.1, -0.05) is 30.7 Å². The van der Waals surface area contributed by atoms with Crippen LogP contribution >= 0.6 is 11.6 Å². The molecule has 3 rings (SSSR count). The molecule has 1 aromatic carbocycles. The number of aliphatic hydroxyl groups is 1. The molecule has 1 aliphatic heterocycles. The van der Waals surface area contributed by atoms with Crippen molar-refractivity contribution in [1.29, 1.82) is 0 Å². The molecule has 128 valence electrons. The number of hydrogen-bond donors (Lipinski definition) is 1. The van der Waals surface area contributed by atoms with Crippen LogP contribution in [0.15, 0.2) is 40.8 Å². The van der Waals surface area contributed by atoms with E-state index in [1.165, 1.54) is 0 Å². The number of aliphatic hydroxyl groups excluding tert-OH is 1. The molecule has 5 heteroatoms. The van der Waals surface area contributed by atoms with E-state index in [2.05, 4.69) is 6.92 Å². The highest BCUT2D eigenvalue weighted by atomic mass is 35.5. The van der Waals surface area contributed by atoms with E-state index in [4.69, 9.17) is 16.0 Å². The number of carbonyl (C=O) groups excluding carboxylic acids is 1. The molecule has 0 bridgehead atoms. The van der Waals surface area contributed by atoms with Crippen LogP contribution in [0.3, 0.4) is 0 Å². The number of rotatable bonds is 4. The Morgan fingerprint density at radius 3 is 2.58 bits per heavy atom. The molecule has 2 heterocycles. The van der Waals surface area contributed by atoms with Gasteiger partial charge in [-0.05, 0) is 48.9 Å². The highest BCUT2D eigenvalue weighted by Crippen LogP contribution is 2.35. The summed E-state index contributed by atoms with van der Waals surface area (Å²) in [5.74, 6) is 0.827. The number of likely N-dealkylation sites (tertiary alicyclic amines) is 1. The van der Waals surface area contributed by atoms with Crippen LogP contribution in [0.25, 0.3) is 11.3 Å². The maximum Gasteiger partial charge on any atom is 0.289 e. The minimum Gasteiger partial charge on any atom is -0.451 e. The molecule has 0 aliphatic carbocycles. The maximum atomic E-state index is 12.7. The number of benzene rings is 1. The van der Waals surface area contributed by atoms with Gasteiger partial charge >= 0.3 is 0 Å². The standard InChI is InChI=1S/C19H22ClNO3/c1-2-19(13-22)9-11-21(12-10-19)18(23)17-8-7-16(24-17)14-5-3-4-6-15(14)20/h3-8,22H,2,9-13H2,1H3. The molecule has 24 heavy (non-hydrogen) atoms. The monoisotopic (exact) mass is 347 g/mol. The van der Waals surface area contributed by atoms with Crippen molar-refractivity contribution >= 4 is 17.5 Å². The zero-order valence-corrected chi connectivity index (χ0v) is 14.6.